The summed E-state index contributed by atoms with van der Waals surface area (Å²) in [5.74, 6) is 0.186. The molecule has 0 saturated heterocycles. The molecule has 27 heavy (non-hydrogen) atoms. The lowest BCUT2D eigenvalue weighted by atomic mass is 9.47. The molecule has 0 aromatic carbocycles. The van der Waals surface area contributed by atoms with Crippen LogP contribution in [0.4, 0.5) is 0 Å². The van der Waals surface area contributed by atoms with E-state index in [2.05, 4.69) is 25.2 Å². The van der Waals surface area contributed by atoms with Gasteiger partial charge >= 0.3 is 11.9 Å². The van der Waals surface area contributed by atoms with Crippen molar-refractivity contribution in [1.29, 1.82) is 0 Å². The average molecular weight is 373 g/mol. The van der Waals surface area contributed by atoms with Gasteiger partial charge < -0.3 is 9.84 Å². The number of esters is 1. The van der Waals surface area contributed by atoms with Crippen molar-refractivity contribution in [2.24, 2.45) is 34.5 Å². The second-order valence-corrected chi connectivity index (χ2v) is 9.32. The zero-order chi connectivity index (χ0) is 19.2. The Bertz CT molecular complexity index is 692. The molecule has 0 spiro atoms. The Labute approximate surface area is 162 Å². The van der Waals surface area contributed by atoms with Gasteiger partial charge in [0.1, 0.15) is 0 Å². The summed E-state index contributed by atoms with van der Waals surface area (Å²) in [4.78, 5) is 23.9. The Morgan fingerprint density at radius 1 is 1.22 bits per heavy atom. The number of aliphatic carboxylic acids is 1. The number of ether oxygens (including phenoxy) is 1. The first-order valence-corrected chi connectivity index (χ1v) is 10.7. The zero-order valence-corrected chi connectivity index (χ0v) is 16.6. The highest BCUT2D eigenvalue weighted by Gasteiger charge is 2.62. The van der Waals surface area contributed by atoms with Crippen molar-refractivity contribution < 1.29 is 19.4 Å². The number of carboxylic acids is 1. The van der Waals surface area contributed by atoms with Crippen LogP contribution >= 0.6 is 0 Å². The molecule has 0 aromatic rings. The lowest BCUT2D eigenvalue weighted by Crippen LogP contribution is -2.53. The number of carbonyl (C=O) groups excluding carboxylic acids is 1. The summed E-state index contributed by atoms with van der Waals surface area (Å²) < 4.78 is 5.60. The molecule has 0 bridgehead atoms. The first kappa shape index (κ1) is 18.8. The maximum absolute atomic E-state index is 12.1. The van der Waals surface area contributed by atoms with Gasteiger partial charge in [0.2, 0.25) is 0 Å². The largest absolute Gasteiger partial charge is 0.481 e. The highest BCUT2D eigenvalue weighted by molar-refractivity contribution is 5.72. The van der Waals surface area contributed by atoms with E-state index in [1.165, 1.54) is 0 Å². The van der Waals surface area contributed by atoms with Crippen molar-refractivity contribution in [2.45, 2.75) is 65.2 Å². The summed E-state index contributed by atoms with van der Waals surface area (Å²) in [6, 6.07) is 0. The minimum absolute atomic E-state index is 0.134. The van der Waals surface area contributed by atoms with E-state index in [9.17, 15) is 14.7 Å². The summed E-state index contributed by atoms with van der Waals surface area (Å²) in [6.07, 6.45) is 14.4. The third-order valence-electron chi connectivity index (χ3n) is 8.42. The van der Waals surface area contributed by atoms with Gasteiger partial charge in [-0.2, -0.15) is 0 Å². The monoisotopic (exact) mass is 372 g/mol. The fourth-order valence-corrected chi connectivity index (χ4v) is 7.12. The van der Waals surface area contributed by atoms with Crippen molar-refractivity contribution in [3.05, 3.63) is 23.8 Å². The molecule has 0 amide bonds. The quantitative estimate of drug-likeness (QED) is 0.571. The summed E-state index contributed by atoms with van der Waals surface area (Å²) in [5.41, 5.74) is 1.35. The molecule has 3 fully saturated rings. The highest BCUT2D eigenvalue weighted by Crippen LogP contribution is 2.66. The molecule has 148 valence electrons. The van der Waals surface area contributed by atoms with Crippen LogP contribution in [0.5, 0.6) is 0 Å². The van der Waals surface area contributed by atoms with Gasteiger partial charge in [-0.25, -0.2) is 0 Å². The van der Waals surface area contributed by atoms with Gasteiger partial charge in [-0.1, -0.05) is 37.6 Å². The Balaban J connectivity index is 1.65. The lowest BCUT2D eigenvalue weighted by molar-refractivity contribution is -0.164. The van der Waals surface area contributed by atoms with Crippen molar-refractivity contribution in [1.82, 2.24) is 0 Å². The van der Waals surface area contributed by atoms with Crippen LogP contribution in [0, 0.1) is 34.5 Å². The lowest BCUT2D eigenvalue weighted by Gasteiger charge is -2.57. The van der Waals surface area contributed by atoms with Crippen LogP contribution in [-0.2, 0) is 14.3 Å². The fourth-order valence-electron chi connectivity index (χ4n) is 7.12. The highest BCUT2D eigenvalue weighted by atomic mass is 16.5. The third kappa shape index (κ3) is 2.78. The third-order valence-corrected chi connectivity index (χ3v) is 8.42. The van der Waals surface area contributed by atoms with Gasteiger partial charge in [-0.15, -0.1) is 0 Å². The maximum Gasteiger partial charge on any atom is 0.307 e. The molecule has 0 aromatic heterocycles. The van der Waals surface area contributed by atoms with E-state index in [-0.39, 0.29) is 22.7 Å². The molecular weight excluding hydrogens is 340 g/mol. The van der Waals surface area contributed by atoms with Crippen molar-refractivity contribution in [3.8, 4) is 0 Å². The number of carboxylic acid groups (broad SMARTS) is 1. The first-order valence-electron chi connectivity index (χ1n) is 10.7. The maximum atomic E-state index is 12.1. The van der Waals surface area contributed by atoms with Crippen LogP contribution in [0.25, 0.3) is 0 Å². The number of hydrogen-bond acceptors (Lipinski definition) is 3. The zero-order valence-electron chi connectivity index (χ0n) is 16.6. The number of fused-ring (bicyclic) bond motifs is 5. The Morgan fingerprint density at radius 3 is 2.78 bits per heavy atom. The summed E-state index contributed by atoms with van der Waals surface area (Å²) in [5, 5.41) is 9.91. The van der Waals surface area contributed by atoms with Gasteiger partial charge in [0.15, 0.2) is 0 Å². The molecular formula is C23H32O4. The van der Waals surface area contributed by atoms with Gasteiger partial charge in [0.05, 0.1) is 12.5 Å². The average Bonchev–Trinajstić information content (AvgIpc) is 3.05. The molecule has 1 N–H and O–H groups in total. The molecule has 0 radical (unpaired) electrons. The van der Waals surface area contributed by atoms with E-state index in [1.807, 2.05) is 0 Å². The van der Waals surface area contributed by atoms with E-state index < -0.39 is 5.97 Å². The normalized spacial score (nSPS) is 42.5. The topological polar surface area (TPSA) is 63.6 Å². The minimum atomic E-state index is -0.705. The minimum Gasteiger partial charge on any atom is -0.481 e. The van der Waals surface area contributed by atoms with E-state index in [1.54, 1.807) is 12.5 Å². The van der Waals surface area contributed by atoms with E-state index in [4.69, 9.17) is 4.74 Å². The predicted molar refractivity (Wildman–Crippen MR) is 103 cm³/mol. The van der Waals surface area contributed by atoms with E-state index in [0.717, 1.165) is 44.9 Å². The molecule has 4 aliphatic carbocycles. The van der Waals surface area contributed by atoms with Crippen LogP contribution < -0.4 is 0 Å². The number of hydrogen-bond donors (Lipinski definition) is 1. The number of rotatable bonds is 4. The van der Waals surface area contributed by atoms with Crippen molar-refractivity contribution >= 4 is 11.9 Å². The predicted octanol–water partition coefficient (Wildman–Crippen LogP) is 4.75. The molecule has 0 unspecified atom stereocenters. The Kier molecular flexibility index (Phi) is 4.72. The molecule has 0 aliphatic heterocycles. The number of allylic oxidation sites excluding steroid dienone is 4. The van der Waals surface area contributed by atoms with Gasteiger partial charge in [-0.3, -0.25) is 9.59 Å². The SMILES string of the molecule is CCC(=O)OC[C@]12CC[C@H]3[C@@H](CCC4=CCC=C[C@@]43C)[C@@H]1CC[C@H]2C(=O)O. The smallest absolute Gasteiger partial charge is 0.307 e. The standard InChI is InChI=1S/C23H32O4/c1-3-20(24)27-14-23-13-11-17-16(18(23)9-10-19(23)21(25)26)8-7-15-6-4-5-12-22(15,17)2/h5-6,12,16-19H,3-4,7-11,13-14H2,1-2H3,(H,25,26)/t16-,17+,18+,19+,22+,23-/m1/s1. The summed E-state index contributed by atoms with van der Waals surface area (Å²) in [6.45, 7) is 4.47. The molecule has 4 aliphatic rings. The molecule has 4 rings (SSSR count). The second kappa shape index (κ2) is 6.79. The van der Waals surface area contributed by atoms with Crippen LogP contribution in [-0.4, -0.2) is 23.7 Å². The Morgan fingerprint density at radius 2 is 2.04 bits per heavy atom. The van der Waals surface area contributed by atoms with Crippen LogP contribution in [0.15, 0.2) is 23.8 Å². The van der Waals surface area contributed by atoms with Crippen LogP contribution in [0.2, 0.25) is 0 Å². The molecule has 4 nitrogen and oxygen atoms in total. The first-order chi connectivity index (χ1) is 12.9. The van der Waals surface area contributed by atoms with Gasteiger partial charge in [0.25, 0.3) is 0 Å². The molecule has 0 heterocycles. The van der Waals surface area contributed by atoms with Gasteiger partial charge in [0, 0.05) is 17.3 Å². The van der Waals surface area contributed by atoms with Gasteiger partial charge in [-0.05, 0) is 62.7 Å². The second-order valence-electron chi connectivity index (χ2n) is 9.32. The molecule has 4 heteroatoms. The van der Waals surface area contributed by atoms with Crippen LogP contribution in [0.1, 0.15) is 65.2 Å². The Hall–Kier alpha value is -1.58. The summed E-state index contributed by atoms with van der Waals surface area (Å²) in [7, 11) is 0. The van der Waals surface area contributed by atoms with E-state index in [0.29, 0.717) is 30.8 Å². The summed E-state index contributed by atoms with van der Waals surface area (Å²) >= 11 is 0. The van der Waals surface area contributed by atoms with Crippen LogP contribution in [0.3, 0.4) is 0 Å². The number of carbonyl (C=O) groups is 2. The molecule has 3 saturated carbocycles. The van der Waals surface area contributed by atoms with Crippen molar-refractivity contribution in [2.75, 3.05) is 6.61 Å². The molecule has 6 atom stereocenters. The van der Waals surface area contributed by atoms with Crippen molar-refractivity contribution in [3.63, 3.8) is 0 Å². The fraction of sp³-hybridized carbons (Fsp3) is 0.739. The van der Waals surface area contributed by atoms with E-state index >= 15 is 0 Å².